The van der Waals surface area contributed by atoms with Crippen molar-refractivity contribution in [2.24, 2.45) is 10.2 Å². The van der Waals surface area contributed by atoms with Gasteiger partial charge in [0, 0.05) is 54.2 Å². The number of ketones is 2. The van der Waals surface area contributed by atoms with Crippen molar-refractivity contribution in [2.75, 3.05) is 19.0 Å². The molecule has 4 aromatic rings. The lowest BCUT2D eigenvalue weighted by atomic mass is 9.77. The number of rotatable bonds is 7. The maximum Gasteiger partial charge on any atom is 0.340 e. The largest absolute Gasteiger partial charge is 0.508 e. The molecule has 7 rings (SSSR count). The molecule has 1 spiro atoms. The van der Waals surface area contributed by atoms with Gasteiger partial charge in [0.05, 0.1) is 23.4 Å². The maximum absolute atomic E-state index is 13.4. The summed E-state index contributed by atoms with van der Waals surface area (Å²) in [4.78, 5) is 41.8. The lowest BCUT2D eigenvalue weighted by Crippen LogP contribution is -2.32. The third-order valence-corrected chi connectivity index (χ3v) is 8.56. The first-order valence-electron chi connectivity index (χ1n) is 15.0. The number of esters is 1. The first-order valence-corrected chi connectivity index (χ1v) is 15.0. The number of nitrogens with zero attached hydrogens (tertiary/aromatic N) is 3. The first kappa shape index (κ1) is 29.7. The van der Waals surface area contributed by atoms with E-state index in [2.05, 4.69) is 10.2 Å². The lowest BCUT2D eigenvalue weighted by molar-refractivity contribution is -0.114. The third kappa shape index (κ3) is 5.23. The number of Topliss-reactive ketones (excluding diaryl/α,β-unsaturated/α-hetero) is 2. The fourth-order valence-corrected chi connectivity index (χ4v) is 6.12. The Morgan fingerprint density at radius 1 is 0.787 bits per heavy atom. The van der Waals surface area contributed by atoms with Gasteiger partial charge in [0.15, 0.2) is 17.2 Å². The molecule has 2 aliphatic heterocycles. The zero-order valence-electron chi connectivity index (χ0n) is 25.6. The summed E-state index contributed by atoms with van der Waals surface area (Å²) in [5, 5.41) is 28.8. The molecule has 234 valence electrons. The van der Waals surface area contributed by atoms with Crippen LogP contribution in [0.4, 0.5) is 11.4 Å². The summed E-state index contributed by atoms with van der Waals surface area (Å²) in [7, 11) is 3.93. The van der Waals surface area contributed by atoms with Crippen LogP contribution in [0.5, 0.6) is 23.0 Å². The minimum absolute atomic E-state index is 0.0483. The number of azo groups is 1. The number of allylic oxidation sites excluding steroid dienone is 4. The predicted molar refractivity (Wildman–Crippen MR) is 173 cm³/mol. The summed E-state index contributed by atoms with van der Waals surface area (Å²) in [5.41, 5.74) is 3.42. The number of benzene rings is 4. The van der Waals surface area contributed by atoms with E-state index in [-0.39, 0.29) is 46.3 Å². The number of carbonyl (C=O) groups excluding carboxylic acids is 3. The van der Waals surface area contributed by atoms with Crippen LogP contribution in [0.1, 0.15) is 56.7 Å². The van der Waals surface area contributed by atoms with Crippen LogP contribution in [0.2, 0.25) is 0 Å². The van der Waals surface area contributed by atoms with Gasteiger partial charge in [-0.1, -0.05) is 18.2 Å². The van der Waals surface area contributed by atoms with Crippen LogP contribution in [-0.2, 0) is 15.1 Å². The van der Waals surface area contributed by atoms with Crippen LogP contribution in [0, 0.1) is 0 Å². The summed E-state index contributed by atoms with van der Waals surface area (Å²) in [6.07, 6.45) is 4.02. The summed E-state index contributed by atoms with van der Waals surface area (Å²) >= 11 is 0. The molecular formula is C37H29N3O7. The van der Waals surface area contributed by atoms with E-state index >= 15 is 0 Å². The van der Waals surface area contributed by atoms with E-state index in [9.17, 15) is 24.6 Å². The number of fused-ring (bicyclic) bond motifs is 6. The Morgan fingerprint density at radius 3 is 2.06 bits per heavy atom. The van der Waals surface area contributed by atoms with Crippen molar-refractivity contribution in [3.63, 3.8) is 0 Å². The molecule has 2 heterocycles. The second kappa shape index (κ2) is 11.4. The average Bonchev–Trinajstić information content (AvgIpc) is 3.35. The van der Waals surface area contributed by atoms with Gasteiger partial charge in [0.25, 0.3) is 0 Å². The molecule has 1 aliphatic carbocycles. The summed E-state index contributed by atoms with van der Waals surface area (Å²) in [6.45, 7) is 0. The molecule has 0 aromatic heterocycles. The molecule has 0 fully saturated rings. The van der Waals surface area contributed by atoms with Crippen molar-refractivity contribution in [3.05, 3.63) is 130 Å². The number of ether oxygens (including phenoxy) is 2. The van der Waals surface area contributed by atoms with Crippen molar-refractivity contribution in [1.29, 1.82) is 0 Å². The SMILES string of the molecule is CN(C)c1ccc(N=NC2=CC=C(C(=O)CC(=O)c3ccc4c(c3)C(=O)OC43c4ccc(O)cc4Oc4cc(O)ccc43)CC2)cc1. The Labute approximate surface area is 269 Å². The molecule has 2 N–H and O–H groups in total. The molecule has 3 aliphatic rings. The second-order valence-electron chi connectivity index (χ2n) is 11.8. The quantitative estimate of drug-likeness (QED) is 0.0945. The van der Waals surface area contributed by atoms with E-state index in [4.69, 9.17) is 9.47 Å². The monoisotopic (exact) mass is 627 g/mol. The van der Waals surface area contributed by atoms with Crippen molar-refractivity contribution in [1.82, 2.24) is 0 Å². The Morgan fingerprint density at radius 2 is 1.45 bits per heavy atom. The number of aromatic hydroxyl groups is 2. The van der Waals surface area contributed by atoms with Crippen LogP contribution in [0.3, 0.4) is 0 Å². The molecule has 0 amide bonds. The molecule has 10 heteroatoms. The zero-order valence-corrected chi connectivity index (χ0v) is 25.6. The molecular weight excluding hydrogens is 598 g/mol. The van der Waals surface area contributed by atoms with E-state index in [0.29, 0.717) is 35.1 Å². The van der Waals surface area contributed by atoms with Crippen molar-refractivity contribution >= 4 is 28.9 Å². The molecule has 0 atom stereocenters. The predicted octanol–water partition coefficient (Wildman–Crippen LogP) is 7.26. The van der Waals surface area contributed by atoms with Crippen LogP contribution < -0.4 is 9.64 Å². The topological polar surface area (TPSA) is 138 Å². The van der Waals surface area contributed by atoms with Gasteiger partial charge in [-0.25, -0.2) is 4.79 Å². The van der Waals surface area contributed by atoms with Gasteiger partial charge in [-0.15, -0.1) is 0 Å². The normalized spacial score (nSPS) is 15.6. The highest BCUT2D eigenvalue weighted by Crippen LogP contribution is 2.57. The fourth-order valence-electron chi connectivity index (χ4n) is 6.12. The Balaban J connectivity index is 1.11. The second-order valence-corrected chi connectivity index (χ2v) is 11.8. The van der Waals surface area contributed by atoms with Crippen LogP contribution in [0.25, 0.3) is 0 Å². The van der Waals surface area contributed by atoms with Crippen molar-refractivity contribution in [2.45, 2.75) is 24.9 Å². The highest BCUT2D eigenvalue weighted by Gasteiger charge is 2.53. The lowest BCUT2D eigenvalue weighted by Gasteiger charge is -2.36. The fraction of sp³-hybridized carbons (Fsp3) is 0.162. The molecule has 4 aromatic carbocycles. The number of carbonyl (C=O) groups is 3. The average molecular weight is 628 g/mol. The molecule has 0 bridgehead atoms. The molecule has 0 unspecified atom stereocenters. The summed E-state index contributed by atoms with van der Waals surface area (Å²) < 4.78 is 12.0. The van der Waals surface area contributed by atoms with Gasteiger partial charge in [0.1, 0.15) is 23.0 Å². The van der Waals surface area contributed by atoms with Gasteiger partial charge >= 0.3 is 5.97 Å². The number of phenolic OH excluding ortho intramolecular Hbond substituents is 2. The zero-order chi connectivity index (χ0) is 32.9. The van der Waals surface area contributed by atoms with Crippen molar-refractivity contribution < 1.29 is 34.1 Å². The van der Waals surface area contributed by atoms with Crippen LogP contribution in [0.15, 0.2) is 113 Å². The highest BCUT2D eigenvalue weighted by molar-refractivity contribution is 6.14. The molecule has 10 nitrogen and oxygen atoms in total. The highest BCUT2D eigenvalue weighted by atomic mass is 16.6. The smallest absolute Gasteiger partial charge is 0.340 e. The molecule has 0 radical (unpaired) electrons. The van der Waals surface area contributed by atoms with Gasteiger partial charge in [0.2, 0.25) is 0 Å². The summed E-state index contributed by atoms with van der Waals surface area (Å²) in [5.74, 6) is -0.962. The minimum Gasteiger partial charge on any atom is -0.508 e. The Hall–Kier alpha value is -6.03. The van der Waals surface area contributed by atoms with Gasteiger partial charge in [-0.2, -0.15) is 10.2 Å². The molecule has 0 saturated carbocycles. The van der Waals surface area contributed by atoms with Crippen LogP contribution >= 0.6 is 0 Å². The number of hydrogen-bond donors (Lipinski definition) is 2. The number of phenols is 2. The Kier molecular flexibility index (Phi) is 7.20. The standard InChI is InChI=1S/C37H29N3O7/c1-40(2)25-10-8-24(9-11-25)39-38-23-6-3-21(4-7-23)32(43)20-33(44)22-5-14-29-28(17-22)36(45)47-37(29)30-15-12-26(41)18-34(30)46-35-19-27(42)13-16-31(35)37/h3,5-6,8-19,41-42H,4,7,20H2,1-2H3. The van der Waals surface area contributed by atoms with Crippen molar-refractivity contribution in [3.8, 4) is 23.0 Å². The number of hydrogen-bond acceptors (Lipinski definition) is 10. The van der Waals surface area contributed by atoms with E-state index in [1.807, 2.05) is 43.3 Å². The first-order chi connectivity index (χ1) is 22.6. The summed E-state index contributed by atoms with van der Waals surface area (Å²) in [6, 6.07) is 21.3. The van der Waals surface area contributed by atoms with Gasteiger partial charge < -0.3 is 24.6 Å². The Bertz CT molecular complexity index is 2020. The third-order valence-electron chi connectivity index (χ3n) is 8.56. The van der Waals surface area contributed by atoms with E-state index < -0.39 is 17.4 Å². The van der Waals surface area contributed by atoms with Gasteiger partial charge in [-0.05, 0) is 79.1 Å². The molecule has 0 saturated heterocycles. The van der Waals surface area contributed by atoms with Gasteiger partial charge in [-0.3, -0.25) is 9.59 Å². The molecule has 47 heavy (non-hydrogen) atoms. The number of anilines is 1. The van der Waals surface area contributed by atoms with E-state index in [0.717, 1.165) is 17.1 Å². The van der Waals surface area contributed by atoms with E-state index in [1.54, 1.807) is 36.4 Å². The van der Waals surface area contributed by atoms with E-state index in [1.165, 1.54) is 30.3 Å². The maximum atomic E-state index is 13.4. The van der Waals surface area contributed by atoms with Crippen LogP contribution in [-0.4, -0.2) is 41.8 Å². The minimum atomic E-state index is -1.43.